The van der Waals surface area contributed by atoms with E-state index in [4.69, 9.17) is 0 Å². The summed E-state index contributed by atoms with van der Waals surface area (Å²) in [6.07, 6.45) is 1.20. The van der Waals surface area contributed by atoms with Gasteiger partial charge in [-0.3, -0.25) is 4.90 Å². The van der Waals surface area contributed by atoms with Gasteiger partial charge in [-0.2, -0.15) is 0 Å². The van der Waals surface area contributed by atoms with Gasteiger partial charge in [0.25, 0.3) is 0 Å². The molecule has 2 heteroatoms. The minimum absolute atomic E-state index is 0.309. The van der Waals surface area contributed by atoms with Crippen molar-refractivity contribution in [3.05, 3.63) is 35.4 Å². The first-order valence-corrected chi connectivity index (χ1v) is 7.53. The third-order valence-electron chi connectivity index (χ3n) is 4.03. The first kappa shape index (κ1) is 14.5. The molecule has 0 saturated carbocycles. The van der Waals surface area contributed by atoms with Crippen molar-refractivity contribution in [2.24, 2.45) is 5.41 Å². The van der Waals surface area contributed by atoms with Crippen molar-refractivity contribution < 1.29 is 0 Å². The molecule has 19 heavy (non-hydrogen) atoms. The summed E-state index contributed by atoms with van der Waals surface area (Å²) in [5, 5.41) is 3.72. The quantitative estimate of drug-likeness (QED) is 0.872. The molecule has 1 aliphatic heterocycles. The SMILES string of the molecule is CCCNC(CN1Cc2ccccc2C1)C(C)(C)C. The Morgan fingerprint density at radius 3 is 2.21 bits per heavy atom. The summed E-state index contributed by atoms with van der Waals surface area (Å²) >= 11 is 0. The van der Waals surface area contributed by atoms with E-state index in [1.807, 2.05) is 0 Å². The number of nitrogens with zero attached hydrogens (tertiary/aromatic N) is 1. The fraction of sp³-hybridized carbons (Fsp3) is 0.647. The highest BCUT2D eigenvalue weighted by Crippen LogP contribution is 2.26. The van der Waals surface area contributed by atoms with Gasteiger partial charge >= 0.3 is 0 Å². The van der Waals surface area contributed by atoms with Gasteiger partial charge in [-0.05, 0) is 29.5 Å². The summed E-state index contributed by atoms with van der Waals surface area (Å²) in [5.74, 6) is 0. The van der Waals surface area contributed by atoms with E-state index in [1.165, 1.54) is 17.5 Å². The highest BCUT2D eigenvalue weighted by Gasteiger charge is 2.28. The van der Waals surface area contributed by atoms with Crippen molar-refractivity contribution in [1.29, 1.82) is 0 Å². The topological polar surface area (TPSA) is 15.3 Å². The molecule has 1 N–H and O–H groups in total. The Balaban J connectivity index is 1.96. The molecule has 0 bridgehead atoms. The largest absolute Gasteiger partial charge is 0.312 e. The molecule has 1 aliphatic rings. The molecule has 0 fully saturated rings. The zero-order valence-corrected chi connectivity index (χ0v) is 12.9. The Labute approximate surface area is 118 Å². The molecule has 0 aliphatic carbocycles. The van der Waals surface area contributed by atoms with E-state index in [-0.39, 0.29) is 0 Å². The summed E-state index contributed by atoms with van der Waals surface area (Å²) in [4.78, 5) is 2.57. The lowest BCUT2D eigenvalue weighted by molar-refractivity contribution is 0.173. The normalized spacial score (nSPS) is 17.5. The maximum Gasteiger partial charge on any atom is 0.0243 e. The number of rotatable bonds is 5. The molecular formula is C17H28N2. The number of benzene rings is 1. The van der Waals surface area contributed by atoms with Crippen molar-refractivity contribution in [1.82, 2.24) is 10.2 Å². The first-order valence-electron chi connectivity index (χ1n) is 7.53. The molecule has 0 aromatic heterocycles. The Hall–Kier alpha value is -0.860. The van der Waals surface area contributed by atoms with Crippen LogP contribution in [0, 0.1) is 5.41 Å². The van der Waals surface area contributed by atoms with Crippen LogP contribution < -0.4 is 5.32 Å². The van der Waals surface area contributed by atoms with Crippen molar-refractivity contribution in [3.8, 4) is 0 Å². The van der Waals surface area contributed by atoms with Gasteiger partial charge in [-0.15, -0.1) is 0 Å². The van der Waals surface area contributed by atoms with Crippen LogP contribution in [-0.4, -0.2) is 24.0 Å². The molecular weight excluding hydrogens is 232 g/mol. The van der Waals surface area contributed by atoms with Crippen molar-refractivity contribution >= 4 is 0 Å². The number of nitrogens with one attached hydrogen (secondary N) is 1. The highest BCUT2D eigenvalue weighted by molar-refractivity contribution is 5.30. The average molecular weight is 260 g/mol. The lowest BCUT2D eigenvalue weighted by Crippen LogP contribution is -2.47. The monoisotopic (exact) mass is 260 g/mol. The van der Waals surface area contributed by atoms with Gasteiger partial charge in [-0.1, -0.05) is 52.0 Å². The number of hydrogen-bond acceptors (Lipinski definition) is 2. The second-order valence-corrected chi connectivity index (χ2v) is 6.81. The summed E-state index contributed by atoms with van der Waals surface area (Å²) in [5.41, 5.74) is 3.32. The van der Waals surface area contributed by atoms with Gasteiger partial charge in [0.2, 0.25) is 0 Å². The predicted molar refractivity (Wildman–Crippen MR) is 82.1 cm³/mol. The van der Waals surface area contributed by atoms with E-state index in [9.17, 15) is 0 Å². The third kappa shape index (κ3) is 3.80. The van der Waals surface area contributed by atoms with Gasteiger partial charge in [0, 0.05) is 25.7 Å². The van der Waals surface area contributed by atoms with E-state index >= 15 is 0 Å². The van der Waals surface area contributed by atoms with Crippen LogP contribution in [0.2, 0.25) is 0 Å². The number of fused-ring (bicyclic) bond motifs is 1. The molecule has 0 amide bonds. The Morgan fingerprint density at radius 2 is 1.74 bits per heavy atom. The minimum atomic E-state index is 0.309. The smallest absolute Gasteiger partial charge is 0.0243 e. The Kier molecular flexibility index (Phi) is 4.64. The zero-order chi connectivity index (χ0) is 13.9. The van der Waals surface area contributed by atoms with Crippen LogP contribution in [0.5, 0.6) is 0 Å². The van der Waals surface area contributed by atoms with Gasteiger partial charge in [-0.25, -0.2) is 0 Å². The van der Waals surface area contributed by atoms with E-state index in [0.717, 1.165) is 26.2 Å². The standard InChI is InChI=1S/C17H28N2/c1-5-10-18-16(17(2,3)4)13-19-11-14-8-6-7-9-15(14)12-19/h6-9,16,18H,5,10-13H2,1-4H3. The molecule has 0 radical (unpaired) electrons. The van der Waals surface area contributed by atoms with Gasteiger partial charge in [0.05, 0.1) is 0 Å². The van der Waals surface area contributed by atoms with Crippen LogP contribution in [0.3, 0.4) is 0 Å². The van der Waals surface area contributed by atoms with Gasteiger partial charge < -0.3 is 5.32 Å². The first-order chi connectivity index (χ1) is 9.00. The van der Waals surface area contributed by atoms with Crippen LogP contribution in [0.4, 0.5) is 0 Å². The van der Waals surface area contributed by atoms with Gasteiger partial charge in [0.15, 0.2) is 0 Å². The van der Waals surface area contributed by atoms with Crippen molar-refractivity contribution in [3.63, 3.8) is 0 Å². The summed E-state index contributed by atoms with van der Waals surface area (Å²) in [7, 11) is 0. The second kappa shape index (κ2) is 6.06. The fourth-order valence-electron chi connectivity index (χ4n) is 2.75. The lowest BCUT2D eigenvalue weighted by atomic mass is 9.86. The third-order valence-corrected chi connectivity index (χ3v) is 4.03. The van der Waals surface area contributed by atoms with Crippen molar-refractivity contribution in [2.75, 3.05) is 13.1 Å². The molecule has 1 unspecified atom stereocenters. The van der Waals surface area contributed by atoms with Crippen LogP contribution >= 0.6 is 0 Å². The maximum atomic E-state index is 3.72. The highest BCUT2D eigenvalue weighted by atomic mass is 15.2. The van der Waals surface area contributed by atoms with Crippen LogP contribution in [0.15, 0.2) is 24.3 Å². The second-order valence-electron chi connectivity index (χ2n) is 6.81. The van der Waals surface area contributed by atoms with Gasteiger partial charge in [0.1, 0.15) is 0 Å². The van der Waals surface area contributed by atoms with E-state index in [0.29, 0.717) is 11.5 Å². The van der Waals surface area contributed by atoms with E-state index in [2.05, 4.69) is 62.2 Å². The Morgan fingerprint density at radius 1 is 1.16 bits per heavy atom. The van der Waals surface area contributed by atoms with Crippen LogP contribution in [0.25, 0.3) is 0 Å². The molecule has 0 saturated heterocycles. The lowest BCUT2D eigenvalue weighted by Gasteiger charge is -2.34. The molecule has 0 spiro atoms. The number of hydrogen-bond donors (Lipinski definition) is 1. The molecule has 2 rings (SSSR count). The summed E-state index contributed by atoms with van der Waals surface area (Å²) in [6.45, 7) is 13.7. The zero-order valence-electron chi connectivity index (χ0n) is 12.9. The maximum absolute atomic E-state index is 3.72. The summed E-state index contributed by atoms with van der Waals surface area (Å²) in [6, 6.07) is 9.39. The molecule has 1 atom stereocenters. The molecule has 1 aromatic carbocycles. The molecule has 1 aromatic rings. The molecule has 2 nitrogen and oxygen atoms in total. The van der Waals surface area contributed by atoms with Crippen LogP contribution in [-0.2, 0) is 13.1 Å². The predicted octanol–water partition coefficient (Wildman–Crippen LogP) is 3.42. The van der Waals surface area contributed by atoms with Crippen molar-refractivity contribution in [2.45, 2.75) is 53.2 Å². The Bertz CT molecular complexity index is 381. The minimum Gasteiger partial charge on any atom is -0.312 e. The van der Waals surface area contributed by atoms with E-state index in [1.54, 1.807) is 0 Å². The fourth-order valence-corrected chi connectivity index (χ4v) is 2.75. The molecule has 106 valence electrons. The molecule has 1 heterocycles. The van der Waals surface area contributed by atoms with Crippen LogP contribution in [0.1, 0.15) is 45.2 Å². The summed E-state index contributed by atoms with van der Waals surface area (Å²) < 4.78 is 0. The van der Waals surface area contributed by atoms with E-state index < -0.39 is 0 Å². The average Bonchev–Trinajstić information content (AvgIpc) is 2.75.